The number of carbonyl (C=O) groups is 2. The highest BCUT2D eigenvalue weighted by Gasteiger charge is 2.27. The Balaban J connectivity index is 1.61. The number of aromatic nitrogens is 1. The van der Waals surface area contributed by atoms with Crippen molar-refractivity contribution in [3.8, 4) is 0 Å². The number of carboxylic acid groups (broad SMARTS) is 1. The van der Waals surface area contributed by atoms with Gasteiger partial charge in [-0.25, -0.2) is 22.9 Å². The molecule has 10 heteroatoms. The lowest BCUT2D eigenvalue weighted by Gasteiger charge is -2.32. The number of hydrogen-bond donors (Lipinski definition) is 2. The molecule has 8 nitrogen and oxygen atoms in total. The van der Waals surface area contributed by atoms with Gasteiger partial charge >= 0.3 is 5.97 Å². The van der Waals surface area contributed by atoms with E-state index in [9.17, 15) is 18.0 Å². The number of amides is 1. The van der Waals surface area contributed by atoms with Crippen LogP contribution in [0, 0.1) is 0 Å². The van der Waals surface area contributed by atoms with E-state index in [1.807, 2.05) is 0 Å². The summed E-state index contributed by atoms with van der Waals surface area (Å²) in [5.41, 5.74) is 0.0736. The molecule has 0 radical (unpaired) electrons. The minimum Gasteiger partial charge on any atom is -0.477 e. The van der Waals surface area contributed by atoms with Gasteiger partial charge in [0, 0.05) is 30.9 Å². The first kappa shape index (κ1) is 18.5. The first-order chi connectivity index (χ1) is 12.4. The summed E-state index contributed by atoms with van der Waals surface area (Å²) in [7, 11) is -3.53. The maximum atomic E-state index is 12.5. The number of rotatable bonds is 5. The van der Waals surface area contributed by atoms with Crippen molar-refractivity contribution in [2.75, 3.05) is 13.1 Å². The van der Waals surface area contributed by atoms with Crippen LogP contribution in [0.15, 0.2) is 40.1 Å². The molecule has 138 valence electrons. The molecule has 0 bridgehead atoms. The number of carboxylic acids is 1. The number of thiophene rings is 1. The lowest BCUT2D eigenvalue weighted by atomic mass is 10.0. The fourth-order valence-electron chi connectivity index (χ4n) is 2.76. The molecule has 26 heavy (non-hydrogen) atoms. The minimum atomic E-state index is -3.53. The topological polar surface area (TPSA) is 117 Å². The Kier molecular flexibility index (Phi) is 5.35. The van der Waals surface area contributed by atoms with Crippen molar-refractivity contribution in [3.05, 3.63) is 47.1 Å². The number of carbonyl (C=O) groups excluding carboxylic acids is 1. The molecule has 1 aliphatic heterocycles. The zero-order valence-electron chi connectivity index (χ0n) is 13.7. The van der Waals surface area contributed by atoms with E-state index >= 15 is 0 Å². The number of nitrogens with one attached hydrogen (secondary N) is 1. The summed E-state index contributed by atoms with van der Waals surface area (Å²) in [6.45, 7) is 0.780. The maximum Gasteiger partial charge on any atom is 0.354 e. The van der Waals surface area contributed by atoms with E-state index in [2.05, 4.69) is 9.71 Å². The van der Waals surface area contributed by atoms with Crippen molar-refractivity contribution in [2.45, 2.75) is 23.1 Å². The van der Waals surface area contributed by atoms with Gasteiger partial charge < -0.3 is 10.0 Å². The van der Waals surface area contributed by atoms with Gasteiger partial charge in [0.1, 0.15) is 9.90 Å². The molecule has 1 amide bonds. The molecule has 0 saturated carbocycles. The number of pyridine rings is 1. The van der Waals surface area contributed by atoms with Crippen LogP contribution in [0.1, 0.15) is 33.7 Å². The number of likely N-dealkylation sites (tertiary alicyclic amines) is 1. The molecule has 0 aliphatic carbocycles. The molecule has 0 aromatic carbocycles. The second-order valence-corrected chi connectivity index (χ2v) is 8.74. The van der Waals surface area contributed by atoms with E-state index < -0.39 is 16.0 Å². The number of nitrogens with zero attached hydrogens (tertiary/aromatic N) is 2. The SMILES string of the molecule is O=C(O)c1cc(C(=O)N2CCC(NS(=O)(=O)c3cccs3)CC2)ccn1. The van der Waals surface area contributed by atoms with Crippen molar-refractivity contribution >= 4 is 33.2 Å². The van der Waals surface area contributed by atoms with Crippen LogP contribution in [0.5, 0.6) is 0 Å². The van der Waals surface area contributed by atoms with Crippen LogP contribution in [0.25, 0.3) is 0 Å². The number of piperidine rings is 1. The molecule has 2 aromatic heterocycles. The molecule has 0 spiro atoms. The van der Waals surface area contributed by atoms with E-state index in [1.54, 1.807) is 22.4 Å². The molecule has 2 N–H and O–H groups in total. The van der Waals surface area contributed by atoms with Crippen LogP contribution in [0.3, 0.4) is 0 Å². The zero-order valence-corrected chi connectivity index (χ0v) is 15.3. The van der Waals surface area contributed by atoms with Crippen molar-refractivity contribution in [2.24, 2.45) is 0 Å². The summed E-state index contributed by atoms with van der Waals surface area (Å²) in [6, 6.07) is 5.71. The average molecular weight is 395 g/mol. The first-order valence-corrected chi connectivity index (χ1v) is 10.3. The predicted molar refractivity (Wildman–Crippen MR) is 94.8 cm³/mol. The van der Waals surface area contributed by atoms with Gasteiger partial charge in [0.05, 0.1) is 0 Å². The van der Waals surface area contributed by atoms with Crippen LogP contribution in [-0.2, 0) is 10.0 Å². The highest BCUT2D eigenvalue weighted by atomic mass is 32.2. The van der Waals surface area contributed by atoms with Crippen LogP contribution in [0.4, 0.5) is 0 Å². The van der Waals surface area contributed by atoms with Crippen molar-refractivity contribution in [1.82, 2.24) is 14.6 Å². The Morgan fingerprint density at radius 2 is 2.00 bits per heavy atom. The van der Waals surface area contributed by atoms with E-state index in [0.29, 0.717) is 25.9 Å². The first-order valence-electron chi connectivity index (χ1n) is 7.91. The van der Waals surface area contributed by atoms with Gasteiger partial charge in [-0.3, -0.25) is 4.79 Å². The summed E-state index contributed by atoms with van der Waals surface area (Å²) in [4.78, 5) is 28.8. The number of hydrogen-bond acceptors (Lipinski definition) is 6. The highest BCUT2D eigenvalue weighted by molar-refractivity contribution is 7.91. The lowest BCUT2D eigenvalue weighted by molar-refractivity contribution is 0.0690. The normalized spacial score (nSPS) is 15.8. The van der Waals surface area contributed by atoms with Crippen molar-refractivity contribution < 1.29 is 23.1 Å². The highest BCUT2D eigenvalue weighted by Crippen LogP contribution is 2.19. The Bertz CT molecular complexity index is 904. The standard InChI is InChI=1S/C16H17N3O5S2/c20-15(11-3-6-17-13(10-11)16(21)22)19-7-4-12(5-8-19)18-26(23,24)14-2-1-9-25-14/h1-3,6,9-10,12,18H,4-5,7-8H2,(H,21,22). The fraction of sp³-hybridized carbons (Fsp3) is 0.312. The van der Waals surface area contributed by atoms with Gasteiger partial charge in [-0.2, -0.15) is 0 Å². The molecule has 1 aliphatic rings. The van der Waals surface area contributed by atoms with E-state index in [4.69, 9.17) is 5.11 Å². The summed E-state index contributed by atoms with van der Waals surface area (Å²) in [6.07, 6.45) is 2.28. The third kappa shape index (κ3) is 4.09. The lowest BCUT2D eigenvalue weighted by Crippen LogP contribution is -2.46. The largest absolute Gasteiger partial charge is 0.477 e. The molecule has 0 atom stereocenters. The van der Waals surface area contributed by atoms with Crippen LogP contribution >= 0.6 is 11.3 Å². The van der Waals surface area contributed by atoms with Crippen LogP contribution < -0.4 is 4.72 Å². The molecule has 3 heterocycles. The molecular formula is C16H17N3O5S2. The second-order valence-electron chi connectivity index (χ2n) is 5.85. The zero-order chi connectivity index (χ0) is 18.7. The number of sulfonamides is 1. The van der Waals surface area contributed by atoms with Crippen LogP contribution in [0.2, 0.25) is 0 Å². The van der Waals surface area contributed by atoms with Gasteiger partial charge in [0.15, 0.2) is 0 Å². The molecule has 0 unspecified atom stereocenters. The molecule has 3 rings (SSSR count). The smallest absolute Gasteiger partial charge is 0.354 e. The molecule has 1 fully saturated rings. The summed E-state index contributed by atoms with van der Waals surface area (Å²) in [5, 5.41) is 10.7. The Hall–Kier alpha value is -2.30. The third-order valence-electron chi connectivity index (χ3n) is 4.09. The third-order valence-corrected chi connectivity index (χ3v) is 7.01. The minimum absolute atomic E-state index is 0.186. The Labute approximate surface area is 154 Å². The maximum absolute atomic E-state index is 12.5. The van der Waals surface area contributed by atoms with Gasteiger partial charge in [0.25, 0.3) is 5.91 Å². The molecule has 2 aromatic rings. The summed E-state index contributed by atoms with van der Waals surface area (Å²) in [5.74, 6) is -1.48. The van der Waals surface area contributed by atoms with Gasteiger partial charge in [-0.1, -0.05) is 6.07 Å². The average Bonchev–Trinajstić information content (AvgIpc) is 3.17. The summed E-state index contributed by atoms with van der Waals surface area (Å²) >= 11 is 1.16. The Morgan fingerprint density at radius 3 is 2.62 bits per heavy atom. The number of aromatic carboxylic acids is 1. The Morgan fingerprint density at radius 1 is 1.27 bits per heavy atom. The van der Waals surface area contributed by atoms with Gasteiger partial charge in [-0.05, 0) is 36.4 Å². The molecule has 1 saturated heterocycles. The van der Waals surface area contributed by atoms with Crippen molar-refractivity contribution in [3.63, 3.8) is 0 Å². The summed E-state index contributed by atoms with van der Waals surface area (Å²) < 4.78 is 27.5. The van der Waals surface area contributed by atoms with E-state index in [-0.39, 0.29) is 27.4 Å². The predicted octanol–water partition coefficient (Wildman–Crippen LogP) is 1.42. The quantitative estimate of drug-likeness (QED) is 0.791. The fourth-order valence-corrected chi connectivity index (χ4v) is 5.07. The van der Waals surface area contributed by atoms with Gasteiger partial charge in [-0.15, -0.1) is 11.3 Å². The second kappa shape index (κ2) is 7.52. The van der Waals surface area contributed by atoms with Gasteiger partial charge in [0.2, 0.25) is 10.0 Å². The van der Waals surface area contributed by atoms with Crippen LogP contribution in [-0.4, -0.2) is 54.4 Å². The van der Waals surface area contributed by atoms with Crippen molar-refractivity contribution in [1.29, 1.82) is 0 Å². The van der Waals surface area contributed by atoms with E-state index in [0.717, 1.165) is 11.3 Å². The molecular weight excluding hydrogens is 378 g/mol. The van der Waals surface area contributed by atoms with E-state index in [1.165, 1.54) is 18.3 Å². The monoisotopic (exact) mass is 395 g/mol.